The maximum Gasteiger partial charge on any atom is 0.213 e. The molecule has 0 bridgehead atoms. The standard InChI is InChI=1S/C11H15N5S2/c12-3-4-17-6-7-1-2-9-8(5-7)15-11(18-9)16-10(13)14/h1-2,5H,3-4,6,12H2,(H4,13,14,15,16). The number of thioether (sulfide) groups is 1. The lowest BCUT2D eigenvalue weighted by Crippen LogP contribution is -2.21. The van der Waals surface area contributed by atoms with Crippen molar-refractivity contribution in [2.24, 2.45) is 22.2 Å². The highest BCUT2D eigenvalue weighted by Crippen LogP contribution is 2.29. The first kappa shape index (κ1) is 13.1. The van der Waals surface area contributed by atoms with E-state index in [1.807, 2.05) is 11.8 Å². The summed E-state index contributed by atoms with van der Waals surface area (Å²) in [5.74, 6) is 1.95. The number of nitrogens with zero attached hydrogens (tertiary/aromatic N) is 2. The summed E-state index contributed by atoms with van der Waals surface area (Å²) in [7, 11) is 0. The molecule has 0 aliphatic rings. The first-order valence-corrected chi connectivity index (χ1v) is 7.43. The van der Waals surface area contributed by atoms with Gasteiger partial charge < -0.3 is 17.2 Å². The number of rotatable bonds is 5. The maximum atomic E-state index is 5.46. The largest absolute Gasteiger partial charge is 0.370 e. The van der Waals surface area contributed by atoms with E-state index in [9.17, 15) is 0 Å². The zero-order chi connectivity index (χ0) is 13.0. The van der Waals surface area contributed by atoms with Crippen LogP contribution in [0.5, 0.6) is 0 Å². The first-order valence-electron chi connectivity index (χ1n) is 5.46. The van der Waals surface area contributed by atoms with E-state index in [0.29, 0.717) is 11.7 Å². The molecule has 0 aliphatic carbocycles. The van der Waals surface area contributed by atoms with Crippen molar-refractivity contribution < 1.29 is 0 Å². The molecule has 1 aromatic carbocycles. The van der Waals surface area contributed by atoms with E-state index in [4.69, 9.17) is 17.2 Å². The molecular formula is C11H15N5S2. The van der Waals surface area contributed by atoms with Crippen LogP contribution in [0.4, 0.5) is 5.13 Å². The molecule has 1 heterocycles. The van der Waals surface area contributed by atoms with E-state index >= 15 is 0 Å². The van der Waals surface area contributed by atoms with E-state index in [-0.39, 0.29) is 5.96 Å². The molecule has 5 nitrogen and oxygen atoms in total. The maximum absolute atomic E-state index is 5.46. The molecule has 0 aliphatic heterocycles. The molecule has 0 unspecified atom stereocenters. The summed E-state index contributed by atoms with van der Waals surface area (Å²) in [6.45, 7) is 0.707. The summed E-state index contributed by atoms with van der Waals surface area (Å²) < 4.78 is 1.09. The number of benzene rings is 1. The predicted molar refractivity (Wildman–Crippen MR) is 80.3 cm³/mol. The third kappa shape index (κ3) is 3.34. The van der Waals surface area contributed by atoms with Gasteiger partial charge >= 0.3 is 0 Å². The second-order valence-corrected chi connectivity index (χ2v) is 5.79. The smallest absolute Gasteiger partial charge is 0.213 e. The molecule has 0 saturated heterocycles. The van der Waals surface area contributed by atoms with Gasteiger partial charge in [-0.1, -0.05) is 17.4 Å². The van der Waals surface area contributed by atoms with Crippen molar-refractivity contribution in [1.82, 2.24) is 4.98 Å². The summed E-state index contributed by atoms with van der Waals surface area (Å²) in [5.41, 5.74) is 18.3. The van der Waals surface area contributed by atoms with Gasteiger partial charge in [0, 0.05) is 18.1 Å². The van der Waals surface area contributed by atoms with Crippen molar-refractivity contribution in [3.8, 4) is 0 Å². The minimum absolute atomic E-state index is 0.0350. The van der Waals surface area contributed by atoms with Crippen LogP contribution in [0.15, 0.2) is 23.2 Å². The van der Waals surface area contributed by atoms with Crippen LogP contribution in [0.1, 0.15) is 5.56 Å². The zero-order valence-electron chi connectivity index (χ0n) is 9.80. The Bertz CT molecular complexity index is 560. The normalized spacial score (nSPS) is 10.7. The van der Waals surface area contributed by atoms with Gasteiger partial charge in [-0.05, 0) is 17.7 Å². The lowest BCUT2D eigenvalue weighted by Gasteiger charge is -1.99. The summed E-state index contributed by atoms with van der Waals surface area (Å²) >= 11 is 3.29. The molecule has 0 saturated carbocycles. The fourth-order valence-corrected chi connectivity index (χ4v) is 3.05. The Kier molecular flexibility index (Phi) is 4.40. The van der Waals surface area contributed by atoms with Crippen molar-refractivity contribution >= 4 is 44.4 Å². The Morgan fingerprint density at radius 3 is 2.94 bits per heavy atom. The van der Waals surface area contributed by atoms with E-state index in [0.717, 1.165) is 21.7 Å². The number of nitrogens with two attached hydrogens (primary N) is 3. The van der Waals surface area contributed by atoms with Crippen LogP contribution in [0.2, 0.25) is 0 Å². The highest BCUT2D eigenvalue weighted by Gasteiger charge is 2.04. The molecule has 1 aromatic heterocycles. The van der Waals surface area contributed by atoms with Gasteiger partial charge in [0.05, 0.1) is 10.2 Å². The quantitative estimate of drug-likeness (QED) is 0.436. The second kappa shape index (κ2) is 6.03. The minimum Gasteiger partial charge on any atom is -0.370 e. The summed E-state index contributed by atoms with van der Waals surface area (Å²) in [6, 6.07) is 6.22. The van der Waals surface area contributed by atoms with E-state index < -0.39 is 0 Å². The van der Waals surface area contributed by atoms with Crippen molar-refractivity contribution in [2.75, 3.05) is 12.3 Å². The molecule has 7 heteroatoms. The summed E-state index contributed by atoms with van der Waals surface area (Å²) in [4.78, 5) is 8.34. The number of aliphatic imine (C=N–C) groups is 1. The highest BCUT2D eigenvalue weighted by molar-refractivity contribution is 7.98. The second-order valence-electron chi connectivity index (χ2n) is 3.68. The molecule has 0 spiro atoms. The molecule has 0 fully saturated rings. The summed E-state index contributed by atoms with van der Waals surface area (Å²) in [5, 5.41) is 0.594. The van der Waals surface area contributed by atoms with E-state index in [1.54, 1.807) is 0 Å². The minimum atomic E-state index is 0.0350. The van der Waals surface area contributed by atoms with Crippen LogP contribution in [0.3, 0.4) is 0 Å². The fourth-order valence-electron chi connectivity index (χ4n) is 1.48. The van der Waals surface area contributed by atoms with Gasteiger partial charge in [0.2, 0.25) is 5.13 Å². The van der Waals surface area contributed by atoms with Crippen molar-refractivity contribution in [1.29, 1.82) is 0 Å². The number of hydrogen-bond acceptors (Lipinski definition) is 5. The van der Waals surface area contributed by atoms with Crippen LogP contribution < -0.4 is 17.2 Å². The van der Waals surface area contributed by atoms with Crippen LogP contribution in [-0.2, 0) is 5.75 Å². The average Bonchev–Trinajstić information content (AvgIpc) is 2.69. The molecule has 6 N–H and O–H groups in total. The van der Waals surface area contributed by atoms with Crippen molar-refractivity contribution in [2.45, 2.75) is 5.75 Å². The highest BCUT2D eigenvalue weighted by atomic mass is 32.2. The third-order valence-electron chi connectivity index (χ3n) is 2.20. The van der Waals surface area contributed by atoms with E-state index in [2.05, 4.69) is 28.2 Å². The van der Waals surface area contributed by atoms with Gasteiger partial charge in [-0.25, -0.2) is 4.98 Å². The van der Waals surface area contributed by atoms with Crippen LogP contribution in [0.25, 0.3) is 10.2 Å². The predicted octanol–water partition coefficient (Wildman–Crippen LogP) is 1.39. The van der Waals surface area contributed by atoms with Gasteiger partial charge in [-0.15, -0.1) is 0 Å². The van der Waals surface area contributed by atoms with Crippen LogP contribution in [-0.4, -0.2) is 23.2 Å². The Morgan fingerprint density at radius 1 is 1.39 bits per heavy atom. The molecule has 2 rings (SSSR count). The Labute approximate surface area is 113 Å². The van der Waals surface area contributed by atoms with Gasteiger partial charge in [-0.2, -0.15) is 16.8 Å². The van der Waals surface area contributed by atoms with Gasteiger partial charge in [0.15, 0.2) is 5.96 Å². The lowest BCUT2D eigenvalue weighted by atomic mass is 10.2. The fraction of sp³-hybridized carbons (Fsp3) is 0.273. The number of hydrogen-bond donors (Lipinski definition) is 3. The Hall–Kier alpha value is -1.31. The topological polar surface area (TPSA) is 103 Å². The lowest BCUT2D eigenvalue weighted by molar-refractivity contribution is 1.15. The first-order chi connectivity index (χ1) is 8.69. The van der Waals surface area contributed by atoms with Crippen molar-refractivity contribution in [3.05, 3.63) is 23.8 Å². The number of fused-ring (bicyclic) bond motifs is 1. The Balaban J connectivity index is 2.20. The zero-order valence-corrected chi connectivity index (χ0v) is 11.4. The summed E-state index contributed by atoms with van der Waals surface area (Å²) in [6.07, 6.45) is 0. The monoisotopic (exact) mass is 281 g/mol. The molecule has 0 amide bonds. The van der Waals surface area contributed by atoms with Gasteiger partial charge in [0.1, 0.15) is 0 Å². The molecule has 0 radical (unpaired) electrons. The average molecular weight is 281 g/mol. The van der Waals surface area contributed by atoms with Gasteiger partial charge in [0.25, 0.3) is 0 Å². The number of thiazole rings is 1. The van der Waals surface area contributed by atoms with Crippen LogP contribution >= 0.6 is 23.1 Å². The third-order valence-corrected chi connectivity index (χ3v) is 4.19. The van der Waals surface area contributed by atoms with Gasteiger partial charge in [-0.3, -0.25) is 0 Å². The molecule has 2 aromatic rings. The molecule has 96 valence electrons. The van der Waals surface area contributed by atoms with E-state index in [1.165, 1.54) is 16.9 Å². The molecule has 0 atom stereocenters. The molecule has 18 heavy (non-hydrogen) atoms. The Morgan fingerprint density at radius 2 is 2.22 bits per heavy atom. The van der Waals surface area contributed by atoms with Crippen molar-refractivity contribution in [3.63, 3.8) is 0 Å². The number of guanidine groups is 1. The number of aromatic nitrogens is 1. The SMILES string of the molecule is NCCSCc1ccc2sc(N=C(N)N)nc2c1. The van der Waals surface area contributed by atoms with Crippen LogP contribution in [0, 0.1) is 0 Å². The molecular weight excluding hydrogens is 266 g/mol.